The van der Waals surface area contributed by atoms with E-state index in [9.17, 15) is 8.60 Å². The highest BCUT2D eigenvalue weighted by Crippen LogP contribution is 2.33. The van der Waals surface area contributed by atoms with E-state index in [-0.39, 0.29) is 11.9 Å². The largest absolute Gasteiger partial charge is 0.489 e. The molecule has 0 bridgehead atoms. The molecule has 1 saturated heterocycles. The maximum Gasteiger partial charge on any atom is 0.145 e. The van der Waals surface area contributed by atoms with Gasteiger partial charge in [-0.1, -0.05) is 0 Å². The second-order valence-corrected chi connectivity index (χ2v) is 8.49. The van der Waals surface area contributed by atoms with Crippen molar-refractivity contribution in [1.82, 2.24) is 9.97 Å². The van der Waals surface area contributed by atoms with Crippen molar-refractivity contribution in [2.75, 3.05) is 24.8 Å². The average molecular weight is 444 g/mol. The normalized spacial score (nSPS) is 17.6. The van der Waals surface area contributed by atoms with Crippen LogP contribution in [-0.4, -0.2) is 35.5 Å². The molecule has 1 unspecified atom stereocenters. The average Bonchev–Trinajstić information content (AvgIpc) is 2.74. The van der Waals surface area contributed by atoms with Crippen molar-refractivity contribution in [2.24, 2.45) is 4.36 Å². The molecule has 2 aromatic carbocycles. The highest BCUT2D eigenvalue weighted by Gasteiger charge is 2.17. The number of aromatic nitrogens is 2. The second-order valence-electron chi connectivity index (χ2n) is 7.46. The Labute approximate surface area is 182 Å². The minimum absolute atomic E-state index is 0.0123. The van der Waals surface area contributed by atoms with Crippen molar-refractivity contribution in [3.05, 3.63) is 48.0 Å². The highest BCUT2D eigenvalue weighted by atomic mass is 32.2. The summed E-state index contributed by atoms with van der Waals surface area (Å²) in [5.41, 5.74) is 2.74. The van der Waals surface area contributed by atoms with Gasteiger partial charge in [-0.25, -0.2) is 14.4 Å². The zero-order valence-corrected chi connectivity index (χ0v) is 18.2. The van der Waals surface area contributed by atoms with Gasteiger partial charge < -0.3 is 23.4 Å². The number of fused-ring (bicyclic) bond motifs is 1. The van der Waals surface area contributed by atoms with Gasteiger partial charge >= 0.3 is 0 Å². The third kappa shape index (κ3) is 5.29. The smallest absolute Gasteiger partial charge is 0.145 e. The Balaban J connectivity index is 1.64. The van der Waals surface area contributed by atoms with Crippen LogP contribution in [0.4, 0.5) is 21.6 Å². The molecule has 4 rings (SSSR count). The first kappa shape index (κ1) is 21.5. The third-order valence-corrected chi connectivity index (χ3v) is 5.52. The summed E-state index contributed by atoms with van der Waals surface area (Å²) in [7, 11) is -1.31. The molecule has 2 heterocycles. The van der Waals surface area contributed by atoms with Crippen LogP contribution in [0.3, 0.4) is 0 Å². The first-order valence-electron chi connectivity index (χ1n) is 10.1. The van der Waals surface area contributed by atoms with E-state index in [0.29, 0.717) is 35.1 Å². The quantitative estimate of drug-likeness (QED) is 0.529. The molecule has 1 fully saturated rings. The number of nitrogens with zero attached hydrogens (tertiary/aromatic N) is 3. The molecule has 3 aromatic rings. The number of anilines is 2. The summed E-state index contributed by atoms with van der Waals surface area (Å²) in [4.78, 5) is 8.71. The van der Waals surface area contributed by atoms with Gasteiger partial charge in [0.05, 0.1) is 17.3 Å². The lowest BCUT2D eigenvalue weighted by Crippen LogP contribution is -2.26. The van der Waals surface area contributed by atoms with Crippen LogP contribution in [0.25, 0.3) is 10.9 Å². The second kappa shape index (κ2) is 9.57. The Bertz CT molecular complexity index is 1170. The summed E-state index contributed by atoms with van der Waals surface area (Å²) in [5, 5.41) is 4.06. The molecule has 31 heavy (non-hydrogen) atoms. The first-order chi connectivity index (χ1) is 15.0. The molecule has 9 heteroatoms. The monoisotopic (exact) mass is 443 g/mol. The Morgan fingerprint density at radius 2 is 2.16 bits per heavy atom. The number of rotatable bonds is 6. The predicted octanol–water partition coefficient (Wildman–Crippen LogP) is 5.18. The molecule has 7 nitrogen and oxygen atoms in total. The van der Waals surface area contributed by atoms with Gasteiger partial charge in [0.15, 0.2) is 0 Å². The molecule has 1 aromatic heterocycles. The molecule has 0 spiro atoms. The van der Waals surface area contributed by atoms with E-state index in [4.69, 9.17) is 9.47 Å². The van der Waals surface area contributed by atoms with E-state index in [0.717, 1.165) is 36.8 Å². The summed E-state index contributed by atoms with van der Waals surface area (Å²) >= 11 is 0. The van der Waals surface area contributed by atoms with Crippen LogP contribution in [-0.2, 0) is 19.5 Å². The number of aryl methyl sites for hydroxylation is 1. The van der Waals surface area contributed by atoms with Crippen LogP contribution in [0.15, 0.2) is 41.0 Å². The lowest BCUT2D eigenvalue weighted by molar-refractivity contribution is -0.0109. The van der Waals surface area contributed by atoms with Gasteiger partial charge in [0.2, 0.25) is 0 Å². The number of nitrogens with one attached hydrogen (secondary N) is 1. The van der Waals surface area contributed by atoms with Crippen LogP contribution in [0.5, 0.6) is 5.75 Å². The van der Waals surface area contributed by atoms with Crippen LogP contribution in [0.2, 0.25) is 0 Å². The lowest BCUT2D eigenvalue weighted by atomic mass is 10.1. The van der Waals surface area contributed by atoms with E-state index in [1.54, 1.807) is 12.1 Å². The highest BCUT2D eigenvalue weighted by molar-refractivity contribution is 7.74. The van der Waals surface area contributed by atoms with Crippen LogP contribution in [0.1, 0.15) is 24.8 Å². The number of hydrogen-bond donors (Lipinski definition) is 1. The van der Waals surface area contributed by atoms with Gasteiger partial charge in [0.25, 0.3) is 0 Å². The maximum absolute atomic E-state index is 13.9. The fourth-order valence-electron chi connectivity index (χ4n) is 3.64. The zero-order chi connectivity index (χ0) is 21.8. The topological polar surface area (TPSA) is 85.7 Å². The number of ether oxygens (including phenoxy) is 2. The van der Waals surface area contributed by atoms with E-state index < -0.39 is 10.6 Å². The SMILES string of the molecule is Cc1cc(N=[S-](C)=O)cc2ncnc(Nc3ccc(F)cc3OCC3CCCCO3)c12. The summed E-state index contributed by atoms with van der Waals surface area (Å²) < 4.78 is 41.1. The summed E-state index contributed by atoms with van der Waals surface area (Å²) in [6.07, 6.45) is 6.07. The Morgan fingerprint density at radius 3 is 2.94 bits per heavy atom. The first-order valence-corrected chi connectivity index (χ1v) is 11.6. The van der Waals surface area contributed by atoms with Crippen LogP contribution >= 0.6 is 0 Å². The van der Waals surface area contributed by atoms with Gasteiger partial charge in [-0.05, 0) is 56.0 Å². The van der Waals surface area contributed by atoms with Crippen molar-refractivity contribution in [1.29, 1.82) is 0 Å². The van der Waals surface area contributed by atoms with E-state index in [2.05, 4.69) is 19.6 Å². The van der Waals surface area contributed by atoms with Gasteiger partial charge in [-0.3, -0.25) is 0 Å². The lowest BCUT2D eigenvalue weighted by Gasteiger charge is -2.23. The number of halogens is 1. The Hall–Kier alpha value is -2.78. The minimum atomic E-state index is -1.31. The van der Waals surface area contributed by atoms with Crippen LogP contribution in [0, 0.1) is 12.7 Å². The van der Waals surface area contributed by atoms with Crippen molar-refractivity contribution in [3.63, 3.8) is 0 Å². The predicted molar refractivity (Wildman–Crippen MR) is 119 cm³/mol. The molecule has 0 saturated carbocycles. The molecular formula is C22H24FN4O3S-. The minimum Gasteiger partial charge on any atom is -0.489 e. The Kier molecular flexibility index (Phi) is 6.62. The molecule has 1 N–H and O–H groups in total. The van der Waals surface area contributed by atoms with Gasteiger partial charge in [-0.2, -0.15) is 10.6 Å². The fraction of sp³-hybridized carbons (Fsp3) is 0.364. The Morgan fingerprint density at radius 1 is 1.29 bits per heavy atom. The van der Waals surface area contributed by atoms with Crippen molar-refractivity contribution < 1.29 is 18.1 Å². The summed E-state index contributed by atoms with van der Waals surface area (Å²) in [6.45, 7) is 3.01. The van der Waals surface area contributed by atoms with Crippen molar-refractivity contribution >= 4 is 38.7 Å². The number of hydrogen-bond acceptors (Lipinski definition) is 8. The molecule has 164 valence electrons. The molecule has 1 aliphatic rings. The molecular weight excluding hydrogens is 419 g/mol. The maximum atomic E-state index is 13.9. The van der Waals surface area contributed by atoms with E-state index in [1.165, 1.54) is 24.7 Å². The van der Waals surface area contributed by atoms with E-state index in [1.807, 2.05) is 13.0 Å². The van der Waals surface area contributed by atoms with Crippen LogP contribution < -0.4 is 10.1 Å². The van der Waals surface area contributed by atoms with Gasteiger partial charge in [0, 0.05) is 23.7 Å². The standard InChI is InChI=1S/C22H24FN4O3S/c1-14-9-16(27-31(2)28)11-19-21(14)22(25-13-24-19)26-18-7-6-15(23)10-20(18)30-12-17-5-3-4-8-29-17/h6-7,9-11,13,17H,3-5,8,12H2,1-2H3,(H,24,25,26)/q-1. The molecule has 0 aliphatic carbocycles. The molecule has 0 amide bonds. The van der Waals surface area contributed by atoms with Crippen molar-refractivity contribution in [3.8, 4) is 5.75 Å². The fourth-order valence-corrected chi connectivity index (χ4v) is 4.04. The molecule has 1 atom stereocenters. The zero-order valence-electron chi connectivity index (χ0n) is 17.4. The van der Waals surface area contributed by atoms with Gasteiger partial charge in [-0.15, -0.1) is 6.26 Å². The van der Waals surface area contributed by atoms with Gasteiger partial charge in [0.1, 0.15) is 30.3 Å². The third-order valence-electron chi connectivity index (χ3n) is 5.05. The number of benzene rings is 2. The summed E-state index contributed by atoms with van der Waals surface area (Å²) in [5.74, 6) is 0.580. The van der Waals surface area contributed by atoms with Crippen molar-refractivity contribution in [2.45, 2.75) is 32.3 Å². The summed E-state index contributed by atoms with van der Waals surface area (Å²) in [6, 6.07) is 7.95. The van der Waals surface area contributed by atoms with E-state index >= 15 is 0 Å². The molecule has 0 radical (unpaired) electrons. The molecule has 1 aliphatic heterocycles.